The van der Waals surface area contributed by atoms with Crippen molar-refractivity contribution in [3.63, 3.8) is 0 Å². The fourth-order valence-corrected chi connectivity index (χ4v) is 3.89. The van der Waals surface area contributed by atoms with E-state index in [0.717, 1.165) is 39.3 Å². The fraction of sp³-hybridized carbons (Fsp3) is 0.176. The third kappa shape index (κ3) is 2.11. The highest BCUT2D eigenvalue weighted by Crippen LogP contribution is 2.38. The van der Waals surface area contributed by atoms with Crippen LogP contribution in [0.2, 0.25) is 0 Å². The van der Waals surface area contributed by atoms with Gasteiger partial charge >= 0.3 is 0 Å². The second kappa shape index (κ2) is 4.83. The average molecular weight is 299 g/mol. The van der Waals surface area contributed by atoms with Crippen LogP contribution in [-0.2, 0) is 6.42 Å². The highest BCUT2D eigenvalue weighted by Gasteiger charge is 2.22. The maximum Gasteiger partial charge on any atom is 0.127 e. The highest BCUT2D eigenvalue weighted by molar-refractivity contribution is 7.19. The summed E-state index contributed by atoms with van der Waals surface area (Å²) in [4.78, 5) is 1.03. The molecule has 1 aliphatic rings. The summed E-state index contributed by atoms with van der Waals surface area (Å²) in [6.45, 7) is 0.719. The van der Waals surface area contributed by atoms with E-state index in [1.165, 1.54) is 11.6 Å². The molecule has 2 N–H and O–H groups in total. The zero-order chi connectivity index (χ0) is 14.4. The van der Waals surface area contributed by atoms with E-state index in [-0.39, 0.29) is 11.9 Å². The van der Waals surface area contributed by atoms with Crippen LogP contribution in [0.25, 0.3) is 10.1 Å². The SMILES string of the molecule is NC(c1cc2cc(F)ccc2s1)c1cccc2c1OCC2. The molecule has 0 bridgehead atoms. The van der Waals surface area contributed by atoms with Gasteiger partial charge in [0.05, 0.1) is 12.6 Å². The Morgan fingerprint density at radius 3 is 3.00 bits per heavy atom. The Hall–Kier alpha value is -1.91. The second-order valence-corrected chi connectivity index (χ2v) is 6.36. The van der Waals surface area contributed by atoms with Gasteiger partial charge in [0.2, 0.25) is 0 Å². The Kier molecular flexibility index (Phi) is 2.94. The highest BCUT2D eigenvalue weighted by atomic mass is 32.1. The molecule has 4 rings (SSSR count). The van der Waals surface area contributed by atoms with Crippen LogP contribution < -0.4 is 10.5 Å². The van der Waals surface area contributed by atoms with Crippen LogP contribution in [0, 0.1) is 5.82 Å². The van der Waals surface area contributed by atoms with Crippen LogP contribution in [0.3, 0.4) is 0 Å². The first kappa shape index (κ1) is 12.8. The maximum absolute atomic E-state index is 13.3. The number of thiophene rings is 1. The van der Waals surface area contributed by atoms with Crippen LogP contribution in [0.15, 0.2) is 42.5 Å². The number of hydrogen-bond donors (Lipinski definition) is 1. The minimum Gasteiger partial charge on any atom is -0.493 e. The van der Waals surface area contributed by atoms with Gasteiger partial charge in [0, 0.05) is 21.6 Å². The molecule has 0 amide bonds. The molecule has 0 fully saturated rings. The van der Waals surface area contributed by atoms with Gasteiger partial charge in [-0.2, -0.15) is 0 Å². The molecule has 4 heteroatoms. The summed E-state index contributed by atoms with van der Waals surface area (Å²) >= 11 is 1.61. The van der Waals surface area contributed by atoms with Crippen molar-refractivity contribution in [3.8, 4) is 5.75 Å². The van der Waals surface area contributed by atoms with Gasteiger partial charge in [-0.05, 0) is 35.2 Å². The van der Waals surface area contributed by atoms with Gasteiger partial charge in [-0.3, -0.25) is 0 Å². The Morgan fingerprint density at radius 2 is 2.10 bits per heavy atom. The van der Waals surface area contributed by atoms with Gasteiger partial charge in [0.1, 0.15) is 11.6 Å². The molecule has 0 spiro atoms. The van der Waals surface area contributed by atoms with Gasteiger partial charge < -0.3 is 10.5 Å². The van der Waals surface area contributed by atoms with Crippen LogP contribution in [0.1, 0.15) is 22.0 Å². The Labute approximate surface area is 126 Å². The molecule has 0 saturated heterocycles. The second-order valence-electron chi connectivity index (χ2n) is 5.24. The molecule has 0 aliphatic carbocycles. The van der Waals surface area contributed by atoms with E-state index in [0.29, 0.717) is 0 Å². The maximum atomic E-state index is 13.3. The number of fused-ring (bicyclic) bond motifs is 2. The normalized spacial score (nSPS) is 15.0. The molecule has 21 heavy (non-hydrogen) atoms. The standard InChI is InChI=1S/C17H14FNOS/c18-12-4-5-14-11(8-12)9-15(21-14)16(19)13-3-1-2-10-6-7-20-17(10)13/h1-5,8-9,16H,6-7,19H2. The minimum absolute atomic E-state index is 0.218. The molecular formula is C17H14FNOS. The molecular weight excluding hydrogens is 285 g/mol. The topological polar surface area (TPSA) is 35.2 Å². The number of benzene rings is 2. The quantitative estimate of drug-likeness (QED) is 0.775. The van der Waals surface area contributed by atoms with Crippen molar-refractivity contribution in [1.82, 2.24) is 0 Å². The lowest BCUT2D eigenvalue weighted by Crippen LogP contribution is -2.11. The van der Waals surface area contributed by atoms with E-state index in [1.807, 2.05) is 18.2 Å². The van der Waals surface area contributed by atoms with Crippen molar-refractivity contribution in [2.45, 2.75) is 12.5 Å². The van der Waals surface area contributed by atoms with E-state index in [1.54, 1.807) is 23.5 Å². The number of halogens is 1. The Morgan fingerprint density at radius 1 is 1.19 bits per heavy atom. The van der Waals surface area contributed by atoms with E-state index in [9.17, 15) is 4.39 Å². The molecule has 1 aromatic heterocycles. The predicted molar refractivity (Wildman–Crippen MR) is 83.5 cm³/mol. The van der Waals surface area contributed by atoms with E-state index >= 15 is 0 Å². The average Bonchev–Trinajstić information content (AvgIpc) is 3.11. The van der Waals surface area contributed by atoms with Crippen molar-refractivity contribution in [2.24, 2.45) is 5.73 Å². The molecule has 106 valence electrons. The van der Waals surface area contributed by atoms with Gasteiger partial charge in [0.25, 0.3) is 0 Å². The van der Waals surface area contributed by atoms with Gasteiger partial charge in [0.15, 0.2) is 0 Å². The lowest BCUT2D eigenvalue weighted by Gasteiger charge is -2.14. The molecule has 2 heterocycles. The summed E-state index contributed by atoms with van der Waals surface area (Å²) in [7, 11) is 0. The van der Waals surface area contributed by atoms with E-state index in [4.69, 9.17) is 10.5 Å². The number of nitrogens with two attached hydrogens (primary N) is 1. The minimum atomic E-state index is -0.237. The molecule has 2 aromatic carbocycles. The number of ether oxygens (including phenoxy) is 1. The fourth-order valence-electron chi connectivity index (χ4n) is 2.83. The first-order chi connectivity index (χ1) is 10.2. The smallest absolute Gasteiger partial charge is 0.127 e. The largest absolute Gasteiger partial charge is 0.493 e. The van der Waals surface area contributed by atoms with Crippen LogP contribution in [-0.4, -0.2) is 6.61 Å². The summed E-state index contributed by atoms with van der Waals surface area (Å²) in [5, 5.41) is 0.902. The molecule has 1 atom stereocenters. The number of para-hydroxylation sites is 1. The Balaban J connectivity index is 1.79. The van der Waals surface area contributed by atoms with Gasteiger partial charge in [-0.1, -0.05) is 18.2 Å². The summed E-state index contributed by atoms with van der Waals surface area (Å²) < 4.78 is 20.1. The van der Waals surface area contributed by atoms with Crippen molar-refractivity contribution >= 4 is 21.4 Å². The molecule has 0 saturated carbocycles. The summed E-state index contributed by atoms with van der Waals surface area (Å²) in [6, 6.07) is 12.7. The van der Waals surface area contributed by atoms with Crippen LogP contribution >= 0.6 is 11.3 Å². The van der Waals surface area contributed by atoms with Gasteiger partial charge in [-0.25, -0.2) is 4.39 Å². The first-order valence-corrected chi connectivity index (χ1v) is 7.73. The van der Waals surface area contributed by atoms with Crippen molar-refractivity contribution in [2.75, 3.05) is 6.61 Å². The zero-order valence-corrected chi connectivity index (χ0v) is 12.1. The summed E-state index contributed by atoms with van der Waals surface area (Å²) in [5.41, 5.74) is 8.66. The predicted octanol–water partition coefficient (Wildman–Crippen LogP) is 4.02. The summed E-state index contributed by atoms with van der Waals surface area (Å²) in [6.07, 6.45) is 0.938. The first-order valence-electron chi connectivity index (χ1n) is 6.91. The monoisotopic (exact) mass is 299 g/mol. The van der Waals surface area contributed by atoms with Crippen LogP contribution in [0.5, 0.6) is 5.75 Å². The molecule has 1 unspecified atom stereocenters. The zero-order valence-electron chi connectivity index (χ0n) is 11.3. The van der Waals surface area contributed by atoms with Crippen molar-refractivity contribution in [3.05, 3.63) is 64.3 Å². The molecule has 3 aromatic rings. The third-order valence-corrected chi connectivity index (χ3v) is 5.08. The Bertz CT molecular complexity index is 827. The molecule has 2 nitrogen and oxygen atoms in total. The van der Waals surface area contributed by atoms with Crippen molar-refractivity contribution < 1.29 is 9.13 Å². The van der Waals surface area contributed by atoms with Crippen molar-refractivity contribution in [1.29, 1.82) is 0 Å². The molecule has 1 aliphatic heterocycles. The van der Waals surface area contributed by atoms with E-state index in [2.05, 4.69) is 6.07 Å². The van der Waals surface area contributed by atoms with E-state index < -0.39 is 0 Å². The van der Waals surface area contributed by atoms with Crippen LogP contribution in [0.4, 0.5) is 4.39 Å². The number of hydrogen-bond acceptors (Lipinski definition) is 3. The lowest BCUT2D eigenvalue weighted by molar-refractivity contribution is 0.352. The molecule has 0 radical (unpaired) electrons. The lowest BCUT2D eigenvalue weighted by atomic mass is 10.0. The van der Waals surface area contributed by atoms with Gasteiger partial charge in [-0.15, -0.1) is 11.3 Å². The number of rotatable bonds is 2. The summed E-state index contributed by atoms with van der Waals surface area (Å²) in [5.74, 6) is 0.706. The third-order valence-electron chi connectivity index (χ3n) is 3.88.